The predicted octanol–water partition coefficient (Wildman–Crippen LogP) is 4.03. The molecule has 0 spiro atoms. The quantitative estimate of drug-likeness (QED) is 0.670. The Morgan fingerprint density at radius 1 is 1.10 bits per heavy atom. The first-order valence-corrected chi connectivity index (χ1v) is 10.2. The van der Waals surface area contributed by atoms with E-state index in [0.717, 1.165) is 11.1 Å². The van der Waals surface area contributed by atoms with Gasteiger partial charge in [-0.1, -0.05) is 30.3 Å². The molecule has 0 bridgehead atoms. The van der Waals surface area contributed by atoms with Crippen molar-refractivity contribution in [3.05, 3.63) is 64.6 Å². The van der Waals surface area contributed by atoms with Crippen LogP contribution >= 0.6 is 0 Å². The minimum atomic E-state index is -0.705. The number of nitrogens with zero attached hydrogens (tertiary/aromatic N) is 2. The molecular formula is C24H29N3O4. The van der Waals surface area contributed by atoms with Crippen LogP contribution in [0, 0.1) is 0 Å². The molecule has 1 aromatic heterocycles. The van der Waals surface area contributed by atoms with Crippen LogP contribution in [0.15, 0.2) is 53.3 Å². The zero-order valence-electron chi connectivity index (χ0n) is 18.6. The Morgan fingerprint density at radius 3 is 2.32 bits per heavy atom. The highest BCUT2D eigenvalue weighted by molar-refractivity contribution is 5.98. The molecule has 1 amide bonds. The average molecular weight is 424 g/mol. The van der Waals surface area contributed by atoms with E-state index in [1.54, 1.807) is 46.9 Å². The Kier molecular flexibility index (Phi) is 6.36. The Balaban J connectivity index is 2.41. The van der Waals surface area contributed by atoms with Gasteiger partial charge in [0.1, 0.15) is 11.4 Å². The Bertz CT molecular complexity index is 1150. The minimum Gasteiger partial charge on any atom is -0.497 e. The molecule has 2 aromatic carbocycles. The van der Waals surface area contributed by atoms with E-state index in [1.807, 2.05) is 36.4 Å². The fraction of sp³-hybridized carbons (Fsp3) is 0.333. The summed E-state index contributed by atoms with van der Waals surface area (Å²) in [5.74, 6) is 0.629. The molecule has 0 radical (unpaired) electrons. The van der Waals surface area contributed by atoms with Gasteiger partial charge in [-0.2, -0.15) is 0 Å². The van der Waals surface area contributed by atoms with Gasteiger partial charge in [0.25, 0.3) is 5.56 Å². The van der Waals surface area contributed by atoms with Gasteiger partial charge in [-0.15, -0.1) is 0 Å². The molecule has 164 valence electrons. The summed E-state index contributed by atoms with van der Waals surface area (Å²) in [6, 6.07) is 14.9. The largest absolute Gasteiger partial charge is 0.497 e. The van der Waals surface area contributed by atoms with E-state index in [2.05, 4.69) is 0 Å². The molecule has 31 heavy (non-hydrogen) atoms. The number of carbonyl (C=O) groups excluding carboxylic acids is 1. The van der Waals surface area contributed by atoms with Gasteiger partial charge >= 0.3 is 6.09 Å². The Morgan fingerprint density at radius 2 is 1.77 bits per heavy atom. The molecule has 0 saturated carbocycles. The first-order valence-electron chi connectivity index (χ1n) is 10.2. The van der Waals surface area contributed by atoms with Crippen LogP contribution in [0.1, 0.15) is 33.4 Å². The van der Waals surface area contributed by atoms with Crippen molar-refractivity contribution in [2.75, 3.05) is 18.7 Å². The second-order valence-electron chi connectivity index (χ2n) is 8.12. The number of hydrogen-bond acceptors (Lipinski definition) is 5. The number of benzene rings is 2. The second-order valence-corrected chi connectivity index (χ2v) is 8.12. The standard InChI is InChI=1S/C24H29N3O4/c1-6-26(23(29)31-24(2,3)4)27-20(15-25)21(16-10-8-7-9-11-16)19-14-17(30-5)12-13-18(19)22(27)28/h7-14H,6,15,25H2,1-5H3. The summed E-state index contributed by atoms with van der Waals surface area (Å²) in [6.07, 6.45) is -0.612. The van der Waals surface area contributed by atoms with E-state index in [1.165, 1.54) is 9.69 Å². The number of rotatable bonds is 5. The van der Waals surface area contributed by atoms with Gasteiger partial charge in [-0.05, 0) is 51.5 Å². The van der Waals surface area contributed by atoms with Crippen molar-refractivity contribution in [1.82, 2.24) is 4.68 Å². The molecule has 7 heteroatoms. The number of fused-ring (bicyclic) bond motifs is 1. The van der Waals surface area contributed by atoms with Crippen LogP contribution in [0.2, 0.25) is 0 Å². The normalized spacial score (nSPS) is 11.4. The molecule has 3 rings (SSSR count). The summed E-state index contributed by atoms with van der Waals surface area (Å²) in [7, 11) is 1.58. The van der Waals surface area contributed by atoms with Crippen molar-refractivity contribution in [3.8, 4) is 16.9 Å². The first kappa shape index (κ1) is 22.4. The molecule has 0 atom stereocenters. The van der Waals surface area contributed by atoms with E-state index >= 15 is 0 Å². The smallest absolute Gasteiger partial charge is 0.429 e. The minimum absolute atomic E-state index is 0.0475. The number of ether oxygens (including phenoxy) is 2. The Labute approximate surface area is 182 Å². The van der Waals surface area contributed by atoms with Crippen LogP contribution in [0.5, 0.6) is 5.75 Å². The summed E-state index contributed by atoms with van der Waals surface area (Å²) in [5.41, 5.74) is 7.30. The van der Waals surface area contributed by atoms with Crippen molar-refractivity contribution in [2.45, 2.75) is 39.8 Å². The molecule has 0 aliphatic heterocycles. The summed E-state index contributed by atoms with van der Waals surface area (Å²) in [5, 5.41) is 2.47. The van der Waals surface area contributed by atoms with E-state index in [4.69, 9.17) is 15.2 Å². The van der Waals surface area contributed by atoms with Gasteiger partial charge in [0, 0.05) is 29.4 Å². The highest BCUT2D eigenvalue weighted by Gasteiger charge is 2.27. The summed E-state index contributed by atoms with van der Waals surface area (Å²) < 4.78 is 12.3. The lowest BCUT2D eigenvalue weighted by atomic mass is 9.96. The van der Waals surface area contributed by atoms with Gasteiger partial charge in [0.05, 0.1) is 12.8 Å². The van der Waals surface area contributed by atoms with Gasteiger partial charge in [0.15, 0.2) is 0 Å². The van der Waals surface area contributed by atoms with Crippen molar-refractivity contribution in [3.63, 3.8) is 0 Å². The highest BCUT2D eigenvalue weighted by Crippen LogP contribution is 2.33. The predicted molar refractivity (Wildman–Crippen MR) is 123 cm³/mol. The van der Waals surface area contributed by atoms with Crippen LogP contribution in [0.4, 0.5) is 4.79 Å². The molecule has 0 aliphatic rings. The molecule has 0 fully saturated rings. The number of aromatic nitrogens is 1. The molecule has 0 aliphatic carbocycles. The van der Waals surface area contributed by atoms with E-state index in [0.29, 0.717) is 22.2 Å². The molecular weight excluding hydrogens is 394 g/mol. The van der Waals surface area contributed by atoms with Gasteiger partial charge in [-0.3, -0.25) is 4.79 Å². The van der Waals surface area contributed by atoms with Gasteiger partial charge < -0.3 is 15.2 Å². The van der Waals surface area contributed by atoms with E-state index < -0.39 is 11.7 Å². The lowest BCUT2D eigenvalue weighted by Gasteiger charge is -2.30. The molecule has 0 saturated heterocycles. The van der Waals surface area contributed by atoms with Crippen molar-refractivity contribution in [1.29, 1.82) is 0 Å². The maximum absolute atomic E-state index is 13.6. The van der Waals surface area contributed by atoms with E-state index in [9.17, 15) is 9.59 Å². The highest BCUT2D eigenvalue weighted by atomic mass is 16.6. The number of hydrogen-bond donors (Lipinski definition) is 1. The number of amides is 1. The van der Waals surface area contributed by atoms with Gasteiger partial charge in [-0.25, -0.2) is 14.5 Å². The fourth-order valence-corrected chi connectivity index (χ4v) is 3.58. The third-order valence-corrected chi connectivity index (χ3v) is 4.86. The number of pyridine rings is 1. The monoisotopic (exact) mass is 423 g/mol. The number of carbonyl (C=O) groups is 1. The van der Waals surface area contributed by atoms with Crippen LogP contribution in [-0.4, -0.2) is 30.0 Å². The van der Waals surface area contributed by atoms with Crippen molar-refractivity contribution < 1.29 is 14.3 Å². The van der Waals surface area contributed by atoms with Crippen molar-refractivity contribution >= 4 is 16.9 Å². The second kappa shape index (κ2) is 8.81. The lowest BCUT2D eigenvalue weighted by Crippen LogP contribution is -2.50. The fourth-order valence-electron chi connectivity index (χ4n) is 3.58. The number of methoxy groups -OCH3 is 1. The zero-order valence-corrected chi connectivity index (χ0v) is 18.6. The van der Waals surface area contributed by atoms with Crippen LogP contribution < -0.4 is 21.0 Å². The molecule has 0 unspecified atom stereocenters. The molecule has 7 nitrogen and oxygen atoms in total. The van der Waals surface area contributed by atoms with Gasteiger partial charge in [0.2, 0.25) is 0 Å². The summed E-state index contributed by atoms with van der Waals surface area (Å²) in [6.45, 7) is 7.43. The maximum Gasteiger partial charge on any atom is 0.429 e. The first-order chi connectivity index (χ1) is 14.7. The Hall–Kier alpha value is -3.32. The number of nitrogens with two attached hydrogens (primary N) is 1. The maximum atomic E-state index is 13.6. The third kappa shape index (κ3) is 4.41. The summed E-state index contributed by atoms with van der Waals surface area (Å²) >= 11 is 0. The lowest BCUT2D eigenvalue weighted by molar-refractivity contribution is 0.0537. The van der Waals surface area contributed by atoms with Crippen molar-refractivity contribution in [2.24, 2.45) is 5.73 Å². The average Bonchev–Trinajstić information content (AvgIpc) is 2.74. The molecule has 2 N–H and O–H groups in total. The van der Waals surface area contributed by atoms with Crippen LogP contribution in [-0.2, 0) is 11.3 Å². The zero-order chi connectivity index (χ0) is 22.8. The molecule has 3 aromatic rings. The van der Waals surface area contributed by atoms with E-state index in [-0.39, 0.29) is 18.6 Å². The SMILES string of the molecule is CCN(C(=O)OC(C)(C)C)n1c(CN)c(-c2ccccc2)c2cc(OC)ccc2c1=O. The third-order valence-electron chi connectivity index (χ3n) is 4.86. The summed E-state index contributed by atoms with van der Waals surface area (Å²) in [4.78, 5) is 26.6. The molecule has 1 heterocycles. The topological polar surface area (TPSA) is 86.8 Å². The van der Waals surface area contributed by atoms with Crippen LogP contribution in [0.25, 0.3) is 21.9 Å². The van der Waals surface area contributed by atoms with Crippen LogP contribution in [0.3, 0.4) is 0 Å².